The third-order valence-corrected chi connectivity index (χ3v) is 7.00. The van der Waals surface area contributed by atoms with Crippen molar-refractivity contribution in [1.29, 1.82) is 0 Å². The third kappa shape index (κ3) is 3.65. The molecule has 1 amide bonds. The van der Waals surface area contributed by atoms with Crippen molar-refractivity contribution in [1.82, 2.24) is 35.0 Å². The van der Waals surface area contributed by atoms with E-state index in [9.17, 15) is 13.6 Å². The van der Waals surface area contributed by atoms with Gasteiger partial charge in [0.25, 0.3) is 12.3 Å². The Balaban J connectivity index is 1.15. The number of carbonyl (C=O) groups excluding carboxylic acids is 1. The lowest BCUT2D eigenvalue weighted by atomic mass is 10.2. The molecule has 3 aromatic heterocycles. The topological polar surface area (TPSA) is 105 Å². The minimum atomic E-state index is -2.71. The van der Waals surface area contributed by atoms with Crippen LogP contribution >= 0.6 is 0 Å². The van der Waals surface area contributed by atoms with Gasteiger partial charge in [-0.3, -0.25) is 9.89 Å². The number of fused-ring (bicyclic) bond motifs is 2. The van der Waals surface area contributed by atoms with Crippen LogP contribution in [0.15, 0.2) is 18.7 Å². The zero-order chi connectivity index (χ0) is 22.7. The van der Waals surface area contributed by atoms with Gasteiger partial charge in [0, 0.05) is 36.7 Å². The van der Waals surface area contributed by atoms with Crippen molar-refractivity contribution < 1.29 is 13.6 Å². The molecular weight excluding hydrogens is 430 g/mol. The third-order valence-electron chi connectivity index (χ3n) is 7.00. The van der Waals surface area contributed by atoms with E-state index in [1.807, 2.05) is 11.8 Å². The van der Waals surface area contributed by atoms with Crippen LogP contribution in [0.4, 0.5) is 14.7 Å². The van der Waals surface area contributed by atoms with E-state index in [2.05, 4.69) is 30.5 Å². The Morgan fingerprint density at radius 2 is 2.12 bits per heavy atom. The van der Waals surface area contributed by atoms with Gasteiger partial charge in [-0.05, 0) is 43.6 Å². The number of H-pyrrole nitrogens is 1. The molecule has 2 N–H and O–H groups in total. The molecule has 3 aromatic rings. The van der Waals surface area contributed by atoms with Gasteiger partial charge in [-0.2, -0.15) is 5.10 Å². The number of carbonyl (C=O) groups is 1. The van der Waals surface area contributed by atoms with Crippen LogP contribution in [-0.4, -0.2) is 48.7 Å². The summed E-state index contributed by atoms with van der Waals surface area (Å²) in [5.74, 6) is 1.37. The maximum Gasteiger partial charge on any atom is 0.280 e. The fraction of sp³-hybridized carbons (Fsp3) is 0.500. The van der Waals surface area contributed by atoms with Gasteiger partial charge in [-0.15, -0.1) is 0 Å². The first-order valence-corrected chi connectivity index (χ1v) is 11.2. The molecule has 1 saturated heterocycles. The van der Waals surface area contributed by atoms with E-state index in [1.165, 1.54) is 18.9 Å². The summed E-state index contributed by atoms with van der Waals surface area (Å²) in [6, 6.07) is -0.161. The van der Waals surface area contributed by atoms with Gasteiger partial charge in [0.1, 0.15) is 11.4 Å². The molecule has 0 spiro atoms. The highest BCUT2D eigenvalue weighted by Gasteiger charge is 2.46. The zero-order valence-corrected chi connectivity index (χ0v) is 18.1. The van der Waals surface area contributed by atoms with Gasteiger partial charge < -0.3 is 14.8 Å². The number of anilines is 1. The number of alkyl halides is 2. The molecule has 4 heterocycles. The number of aromatic amines is 1. The Hall–Kier alpha value is -3.37. The summed E-state index contributed by atoms with van der Waals surface area (Å²) in [5.41, 5.74) is 3.32. The minimum absolute atomic E-state index is 0.109. The summed E-state index contributed by atoms with van der Waals surface area (Å²) < 4.78 is 29.1. The predicted molar refractivity (Wildman–Crippen MR) is 114 cm³/mol. The zero-order valence-electron chi connectivity index (χ0n) is 18.1. The van der Waals surface area contributed by atoms with Gasteiger partial charge in [-0.25, -0.2) is 23.7 Å². The summed E-state index contributed by atoms with van der Waals surface area (Å²) in [6.07, 6.45) is 4.65. The molecule has 3 atom stereocenters. The second-order valence-electron chi connectivity index (χ2n) is 9.25. The highest BCUT2D eigenvalue weighted by Crippen LogP contribution is 2.45. The predicted octanol–water partition coefficient (Wildman–Crippen LogP) is 2.56. The van der Waals surface area contributed by atoms with Crippen molar-refractivity contribution in [2.24, 2.45) is 11.8 Å². The summed E-state index contributed by atoms with van der Waals surface area (Å²) in [6.45, 7) is 3.76. The van der Waals surface area contributed by atoms with Crippen molar-refractivity contribution >= 4 is 11.9 Å². The van der Waals surface area contributed by atoms with Crippen LogP contribution in [0.25, 0.3) is 0 Å². The first kappa shape index (κ1) is 20.3. The Morgan fingerprint density at radius 3 is 2.91 bits per heavy atom. The van der Waals surface area contributed by atoms with Gasteiger partial charge in [0.05, 0.1) is 24.6 Å². The number of aromatic nitrogens is 6. The molecule has 1 saturated carbocycles. The minimum Gasteiger partial charge on any atom is -0.342 e. The number of halogens is 2. The second kappa shape index (κ2) is 7.60. The molecule has 2 unspecified atom stereocenters. The lowest BCUT2D eigenvalue weighted by Gasteiger charge is -2.19. The largest absolute Gasteiger partial charge is 0.342 e. The van der Waals surface area contributed by atoms with Crippen molar-refractivity contribution in [3.8, 4) is 0 Å². The number of rotatable bonds is 6. The molecule has 11 heteroatoms. The lowest BCUT2D eigenvalue weighted by Crippen LogP contribution is -2.27. The number of aryl methyl sites for hydroxylation is 1. The standard InChI is InChI=1S/C22H24F2N8O/c1-11-15-2-3-16(19(15)30-29-11)27-21(33)17-9-31(10-26-17)6-14-5-25-22(28-18(14)20(23)24)32-7-12-4-13(12)8-32/h5,9-10,12-13,16,20H,2-4,6-8H2,1H3,(H,27,33)(H,29,30)/t12?,13?,16-/m1/s1. The lowest BCUT2D eigenvalue weighted by molar-refractivity contribution is 0.0931. The van der Waals surface area contributed by atoms with Crippen molar-refractivity contribution in [2.75, 3.05) is 18.0 Å². The van der Waals surface area contributed by atoms with Gasteiger partial charge in [-0.1, -0.05) is 0 Å². The average molecular weight is 454 g/mol. The molecule has 9 nitrogen and oxygen atoms in total. The van der Waals surface area contributed by atoms with Crippen LogP contribution in [-0.2, 0) is 13.0 Å². The fourth-order valence-electron chi connectivity index (χ4n) is 5.07. The van der Waals surface area contributed by atoms with Crippen LogP contribution in [0.5, 0.6) is 0 Å². The van der Waals surface area contributed by atoms with Crippen molar-refractivity contribution in [2.45, 2.75) is 45.2 Å². The quantitative estimate of drug-likeness (QED) is 0.593. The Morgan fingerprint density at radius 1 is 1.30 bits per heavy atom. The van der Waals surface area contributed by atoms with E-state index in [-0.39, 0.29) is 29.9 Å². The summed E-state index contributed by atoms with van der Waals surface area (Å²) >= 11 is 0. The molecule has 6 rings (SSSR count). The first-order chi connectivity index (χ1) is 16.0. The van der Waals surface area contributed by atoms with Gasteiger partial charge in [0.15, 0.2) is 0 Å². The number of hydrogen-bond donors (Lipinski definition) is 2. The van der Waals surface area contributed by atoms with Crippen LogP contribution in [0, 0.1) is 18.8 Å². The van der Waals surface area contributed by atoms with Crippen LogP contribution in [0.1, 0.15) is 64.0 Å². The molecule has 0 aromatic carbocycles. The number of amides is 1. The summed E-state index contributed by atoms with van der Waals surface area (Å²) in [4.78, 5) is 27.4. The second-order valence-corrected chi connectivity index (χ2v) is 9.25. The molecule has 2 aliphatic carbocycles. The molecule has 2 fully saturated rings. The molecule has 0 radical (unpaired) electrons. The van der Waals surface area contributed by atoms with Crippen LogP contribution in [0.2, 0.25) is 0 Å². The number of imidazole rings is 1. The van der Waals surface area contributed by atoms with E-state index in [1.54, 1.807) is 10.8 Å². The van der Waals surface area contributed by atoms with Gasteiger partial charge in [0.2, 0.25) is 5.95 Å². The van der Waals surface area contributed by atoms with Crippen molar-refractivity contribution in [3.05, 3.63) is 52.6 Å². The van der Waals surface area contributed by atoms with E-state index in [0.29, 0.717) is 23.3 Å². The number of piperidine rings is 1. The number of hydrogen-bond acceptors (Lipinski definition) is 6. The number of nitrogens with zero attached hydrogens (tertiary/aromatic N) is 6. The Labute approximate surface area is 188 Å². The highest BCUT2D eigenvalue weighted by molar-refractivity contribution is 5.92. The summed E-state index contributed by atoms with van der Waals surface area (Å²) in [5, 5.41) is 10.2. The maximum absolute atomic E-state index is 13.8. The SMILES string of the molecule is Cc1[nH]nc2c1CC[C@H]2NC(=O)c1cn(Cc2cnc(N3CC4CC4C3)nc2C(F)F)cn1. The first-order valence-electron chi connectivity index (χ1n) is 11.2. The molecule has 172 valence electrons. The molecular formula is C22H24F2N8O. The molecule has 33 heavy (non-hydrogen) atoms. The smallest absolute Gasteiger partial charge is 0.280 e. The Kier molecular flexibility index (Phi) is 4.66. The van der Waals surface area contributed by atoms with E-state index in [4.69, 9.17) is 0 Å². The molecule has 3 aliphatic rings. The number of nitrogens with one attached hydrogen (secondary N) is 2. The van der Waals surface area contributed by atoms with E-state index in [0.717, 1.165) is 42.9 Å². The molecule has 0 bridgehead atoms. The van der Waals surface area contributed by atoms with Gasteiger partial charge >= 0.3 is 0 Å². The monoisotopic (exact) mass is 454 g/mol. The maximum atomic E-state index is 13.8. The normalized spacial score (nSPS) is 23.2. The van der Waals surface area contributed by atoms with Crippen LogP contribution < -0.4 is 10.2 Å². The van der Waals surface area contributed by atoms with Crippen LogP contribution in [0.3, 0.4) is 0 Å². The fourth-order valence-corrected chi connectivity index (χ4v) is 5.07. The molecule has 1 aliphatic heterocycles. The van der Waals surface area contributed by atoms with E-state index >= 15 is 0 Å². The van der Waals surface area contributed by atoms with Crippen molar-refractivity contribution in [3.63, 3.8) is 0 Å². The average Bonchev–Trinajstić information content (AvgIpc) is 3.27. The highest BCUT2D eigenvalue weighted by atomic mass is 19.3. The summed E-state index contributed by atoms with van der Waals surface area (Å²) in [7, 11) is 0. The Bertz CT molecular complexity index is 1210. The van der Waals surface area contributed by atoms with E-state index < -0.39 is 6.43 Å².